The van der Waals surface area contributed by atoms with Gasteiger partial charge in [0.05, 0.1) is 5.92 Å². The zero-order chi connectivity index (χ0) is 13.0. The number of hydrogen-bond acceptors (Lipinski definition) is 1. The number of rotatable bonds is 3. The van der Waals surface area contributed by atoms with Gasteiger partial charge < -0.3 is 5.32 Å². The molecule has 1 nitrogen and oxygen atoms in total. The summed E-state index contributed by atoms with van der Waals surface area (Å²) < 4.78 is 38.8. The van der Waals surface area contributed by atoms with Crippen LogP contribution in [0.15, 0.2) is 0 Å². The highest BCUT2D eigenvalue weighted by Crippen LogP contribution is 2.37. The van der Waals surface area contributed by atoms with E-state index in [1.54, 1.807) is 0 Å². The summed E-state index contributed by atoms with van der Waals surface area (Å²) in [5, 5.41) is 3.10. The molecule has 18 heavy (non-hydrogen) atoms. The molecule has 1 saturated carbocycles. The van der Waals surface area contributed by atoms with E-state index in [1.165, 1.54) is 32.1 Å². The van der Waals surface area contributed by atoms with Crippen LogP contribution in [0.2, 0.25) is 0 Å². The largest absolute Gasteiger partial charge is 0.393 e. The molecule has 0 aromatic heterocycles. The number of hydrogen-bond donors (Lipinski definition) is 1. The van der Waals surface area contributed by atoms with Crippen LogP contribution in [0, 0.1) is 11.8 Å². The Morgan fingerprint density at radius 1 is 0.889 bits per heavy atom. The van der Waals surface area contributed by atoms with Gasteiger partial charge in [0.1, 0.15) is 0 Å². The average molecular weight is 263 g/mol. The molecule has 0 bridgehead atoms. The summed E-state index contributed by atoms with van der Waals surface area (Å²) in [5.74, 6) is -0.439. The lowest BCUT2D eigenvalue weighted by molar-refractivity contribution is -0.189. The molecule has 0 aromatic rings. The van der Waals surface area contributed by atoms with Crippen molar-refractivity contribution in [3.8, 4) is 0 Å². The summed E-state index contributed by atoms with van der Waals surface area (Å²) in [5.41, 5.74) is 0. The predicted octanol–water partition coefficient (Wildman–Crippen LogP) is 4.28. The Labute approximate surface area is 108 Å². The van der Waals surface area contributed by atoms with Crippen LogP contribution in [0.25, 0.3) is 0 Å². The van der Waals surface area contributed by atoms with Gasteiger partial charge in [0, 0.05) is 6.04 Å². The van der Waals surface area contributed by atoms with E-state index in [9.17, 15) is 13.2 Å². The fourth-order valence-electron chi connectivity index (χ4n) is 3.54. The highest BCUT2D eigenvalue weighted by atomic mass is 19.4. The van der Waals surface area contributed by atoms with Crippen molar-refractivity contribution in [3.63, 3.8) is 0 Å². The van der Waals surface area contributed by atoms with Gasteiger partial charge >= 0.3 is 6.18 Å². The van der Waals surface area contributed by atoms with Gasteiger partial charge in [-0.15, -0.1) is 0 Å². The molecule has 2 aliphatic rings. The quantitative estimate of drug-likeness (QED) is 0.801. The second-order valence-electron chi connectivity index (χ2n) is 5.93. The van der Waals surface area contributed by atoms with E-state index in [0.717, 1.165) is 13.0 Å². The van der Waals surface area contributed by atoms with E-state index in [4.69, 9.17) is 0 Å². The third kappa shape index (κ3) is 3.87. The van der Waals surface area contributed by atoms with Crippen LogP contribution in [-0.2, 0) is 0 Å². The van der Waals surface area contributed by atoms with Crippen LogP contribution in [0.4, 0.5) is 13.2 Å². The SMILES string of the molecule is FC(F)(F)C1CCCNC1CCC1CCCCC1. The van der Waals surface area contributed by atoms with Crippen LogP contribution in [0.1, 0.15) is 57.8 Å². The molecule has 2 atom stereocenters. The van der Waals surface area contributed by atoms with Gasteiger partial charge in [0.15, 0.2) is 0 Å². The van der Waals surface area contributed by atoms with Crippen molar-refractivity contribution in [3.05, 3.63) is 0 Å². The maximum atomic E-state index is 12.9. The molecular weight excluding hydrogens is 239 g/mol. The number of halogens is 3. The molecule has 1 heterocycles. The van der Waals surface area contributed by atoms with Crippen LogP contribution in [0.3, 0.4) is 0 Å². The molecule has 4 heteroatoms. The van der Waals surface area contributed by atoms with Gasteiger partial charge in [-0.05, 0) is 38.1 Å². The Kier molecular flexibility index (Phi) is 4.93. The fraction of sp³-hybridized carbons (Fsp3) is 1.00. The molecule has 0 aromatic carbocycles. The molecule has 1 N–H and O–H groups in total. The van der Waals surface area contributed by atoms with Gasteiger partial charge in [-0.2, -0.15) is 13.2 Å². The first-order valence-electron chi connectivity index (χ1n) is 7.37. The highest BCUT2D eigenvalue weighted by Gasteiger charge is 2.45. The van der Waals surface area contributed by atoms with E-state index < -0.39 is 12.1 Å². The lowest BCUT2D eigenvalue weighted by Crippen LogP contribution is -2.47. The van der Waals surface area contributed by atoms with Crippen molar-refractivity contribution in [1.29, 1.82) is 0 Å². The third-order valence-electron chi connectivity index (χ3n) is 4.62. The minimum absolute atomic E-state index is 0.311. The molecule has 106 valence electrons. The van der Waals surface area contributed by atoms with Crippen molar-refractivity contribution in [1.82, 2.24) is 5.32 Å². The van der Waals surface area contributed by atoms with Crippen molar-refractivity contribution in [2.45, 2.75) is 70.0 Å². The van der Waals surface area contributed by atoms with Gasteiger partial charge in [0.2, 0.25) is 0 Å². The second kappa shape index (κ2) is 6.27. The van der Waals surface area contributed by atoms with Crippen molar-refractivity contribution in [2.24, 2.45) is 11.8 Å². The van der Waals surface area contributed by atoms with Crippen LogP contribution >= 0.6 is 0 Å². The number of piperidine rings is 1. The first kappa shape index (κ1) is 14.2. The molecule has 0 spiro atoms. The van der Waals surface area contributed by atoms with Crippen molar-refractivity contribution < 1.29 is 13.2 Å². The Morgan fingerprint density at radius 3 is 2.28 bits per heavy atom. The highest BCUT2D eigenvalue weighted by molar-refractivity contribution is 4.86. The summed E-state index contributed by atoms with van der Waals surface area (Å²) in [6.07, 6.45) is 4.92. The Morgan fingerprint density at radius 2 is 1.61 bits per heavy atom. The van der Waals surface area contributed by atoms with Gasteiger partial charge in [0.25, 0.3) is 0 Å². The smallest absolute Gasteiger partial charge is 0.313 e. The molecule has 1 aliphatic heterocycles. The minimum atomic E-state index is -4.02. The molecule has 0 amide bonds. The third-order valence-corrected chi connectivity index (χ3v) is 4.62. The monoisotopic (exact) mass is 263 g/mol. The topological polar surface area (TPSA) is 12.0 Å². The van der Waals surface area contributed by atoms with E-state index in [1.807, 2.05) is 0 Å². The first-order chi connectivity index (χ1) is 8.57. The van der Waals surface area contributed by atoms with E-state index in [0.29, 0.717) is 25.2 Å². The lowest BCUT2D eigenvalue weighted by atomic mass is 9.81. The van der Waals surface area contributed by atoms with Gasteiger partial charge in [-0.3, -0.25) is 0 Å². The number of nitrogens with one attached hydrogen (secondary N) is 1. The normalized spacial score (nSPS) is 31.5. The molecule has 1 aliphatic carbocycles. The Balaban J connectivity index is 1.81. The summed E-state index contributed by atoms with van der Waals surface area (Å²) in [6.45, 7) is 0.752. The lowest BCUT2D eigenvalue weighted by Gasteiger charge is -2.35. The summed E-state index contributed by atoms with van der Waals surface area (Å²) in [7, 11) is 0. The molecule has 2 fully saturated rings. The van der Waals surface area contributed by atoms with Crippen molar-refractivity contribution in [2.75, 3.05) is 6.54 Å². The molecule has 0 radical (unpaired) electrons. The van der Waals surface area contributed by atoms with Crippen LogP contribution in [-0.4, -0.2) is 18.8 Å². The zero-order valence-corrected chi connectivity index (χ0v) is 10.9. The van der Waals surface area contributed by atoms with E-state index in [-0.39, 0.29) is 6.04 Å². The van der Waals surface area contributed by atoms with Gasteiger partial charge in [-0.1, -0.05) is 32.1 Å². The molecule has 1 saturated heterocycles. The second-order valence-corrected chi connectivity index (χ2v) is 5.93. The average Bonchev–Trinajstić information content (AvgIpc) is 2.37. The first-order valence-corrected chi connectivity index (χ1v) is 7.37. The van der Waals surface area contributed by atoms with Crippen LogP contribution < -0.4 is 5.32 Å². The maximum Gasteiger partial charge on any atom is 0.393 e. The van der Waals surface area contributed by atoms with Crippen molar-refractivity contribution >= 4 is 0 Å². The Hall–Kier alpha value is -0.250. The molecular formula is C14H24F3N. The van der Waals surface area contributed by atoms with E-state index in [2.05, 4.69) is 5.32 Å². The summed E-state index contributed by atoms with van der Waals surface area (Å²) in [4.78, 5) is 0. The standard InChI is InChI=1S/C14H24F3N/c15-14(16,17)12-7-4-10-18-13(12)9-8-11-5-2-1-3-6-11/h11-13,18H,1-10H2. The number of alkyl halides is 3. The van der Waals surface area contributed by atoms with Gasteiger partial charge in [-0.25, -0.2) is 0 Å². The molecule has 2 rings (SSSR count). The zero-order valence-electron chi connectivity index (χ0n) is 10.9. The molecule has 2 unspecified atom stereocenters. The van der Waals surface area contributed by atoms with Crippen LogP contribution in [0.5, 0.6) is 0 Å². The predicted molar refractivity (Wildman–Crippen MR) is 66.4 cm³/mol. The van der Waals surface area contributed by atoms with E-state index >= 15 is 0 Å². The fourth-order valence-corrected chi connectivity index (χ4v) is 3.54. The minimum Gasteiger partial charge on any atom is -0.313 e. The maximum absolute atomic E-state index is 12.9. The summed E-state index contributed by atoms with van der Waals surface area (Å²) in [6, 6.07) is -0.333. The Bertz CT molecular complexity index is 246. The summed E-state index contributed by atoms with van der Waals surface area (Å²) >= 11 is 0.